The fourth-order valence-corrected chi connectivity index (χ4v) is 2.91. The SMILES string of the molecule is CCCNC(c1nc(C)cs1)c1ccc(Cl)cc1F. The molecule has 102 valence electrons. The van der Waals surface area contributed by atoms with Crippen molar-refractivity contribution >= 4 is 22.9 Å². The van der Waals surface area contributed by atoms with Gasteiger partial charge in [-0.05, 0) is 32.0 Å². The van der Waals surface area contributed by atoms with Crippen LogP contribution >= 0.6 is 22.9 Å². The second-order valence-corrected chi connectivity index (χ2v) is 5.71. The lowest BCUT2D eigenvalue weighted by molar-refractivity contribution is 0.545. The number of aromatic nitrogens is 1. The molecule has 0 aliphatic carbocycles. The monoisotopic (exact) mass is 298 g/mol. The van der Waals surface area contributed by atoms with Crippen LogP contribution in [0.25, 0.3) is 0 Å². The van der Waals surface area contributed by atoms with Crippen molar-refractivity contribution < 1.29 is 4.39 Å². The van der Waals surface area contributed by atoms with E-state index in [-0.39, 0.29) is 11.9 Å². The number of nitrogens with zero attached hydrogens (tertiary/aromatic N) is 1. The van der Waals surface area contributed by atoms with Crippen molar-refractivity contribution in [3.05, 3.63) is 50.7 Å². The van der Waals surface area contributed by atoms with Crippen molar-refractivity contribution in [2.45, 2.75) is 26.3 Å². The van der Waals surface area contributed by atoms with Crippen molar-refractivity contribution in [1.29, 1.82) is 0 Å². The molecule has 5 heteroatoms. The fourth-order valence-electron chi connectivity index (χ4n) is 1.86. The minimum atomic E-state index is -0.297. The van der Waals surface area contributed by atoms with Gasteiger partial charge in [0.25, 0.3) is 0 Å². The van der Waals surface area contributed by atoms with Crippen LogP contribution in [-0.4, -0.2) is 11.5 Å². The highest BCUT2D eigenvalue weighted by atomic mass is 35.5. The molecule has 1 aromatic carbocycles. The van der Waals surface area contributed by atoms with Crippen LogP contribution in [0.3, 0.4) is 0 Å². The third-order valence-corrected chi connectivity index (χ3v) is 4.02. The lowest BCUT2D eigenvalue weighted by atomic mass is 10.1. The van der Waals surface area contributed by atoms with Crippen LogP contribution in [0.5, 0.6) is 0 Å². The molecule has 0 spiro atoms. The number of thiazole rings is 1. The van der Waals surface area contributed by atoms with Crippen molar-refractivity contribution in [1.82, 2.24) is 10.3 Å². The molecule has 0 aliphatic heterocycles. The first-order chi connectivity index (χ1) is 9.11. The van der Waals surface area contributed by atoms with Gasteiger partial charge in [-0.3, -0.25) is 0 Å². The van der Waals surface area contributed by atoms with Crippen LogP contribution in [0.2, 0.25) is 5.02 Å². The van der Waals surface area contributed by atoms with Gasteiger partial charge in [0, 0.05) is 21.7 Å². The normalized spacial score (nSPS) is 12.6. The molecule has 0 radical (unpaired) electrons. The van der Waals surface area contributed by atoms with Gasteiger partial charge in [0.15, 0.2) is 0 Å². The summed E-state index contributed by atoms with van der Waals surface area (Å²) in [5.41, 5.74) is 1.55. The molecule has 0 aliphatic rings. The number of aryl methyl sites for hydroxylation is 1. The summed E-state index contributed by atoms with van der Waals surface area (Å²) in [6.45, 7) is 4.83. The molecule has 1 atom stereocenters. The van der Waals surface area contributed by atoms with Crippen molar-refractivity contribution in [3.63, 3.8) is 0 Å². The molecule has 1 aromatic heterocycles. The molecule has 2 nitrogen and oxygen atoms in total. The minimum Gasteiger partial charge on any atom is -0.304 e. The van der Waals surface area contributed by atoms with Gasteiger partial charge >= 0.3 is 0 Å². The molecule has 1 unspecified atom stereocenters. The maximum atomic E-state index is 14.1. The van der Waals surface area contributed by atoms with E-state index >= 15 is 0 Å². The van der Waals surface area contributed by atoms with Gasteiger partial charge in [0.2, 0.25) is 0 Å². The van der Waals surface area contributed by atoms with Crippen LogP contribution < -0.4 is 5.32 Å². The summed E-state index contributed by atoms with van der Waals surface area (Å²) in [7, 11) is 0. The molecule has 0 saturated carbocycles. The first kappa shape index (κ1) is 14.4. The quantitative estimate of drug-likeness (QED) is 0.888. The molecular weight excluding hydrogens is 283 g/mol. The molecule has 0 amide bonds. The summed E-state index contributed by atoms with van der Waals surface area (Å²) in [5.74, 6) is -0.297. The van der Waals surface area contributed by atoms with E-state index in [0.717, 1.165) is 23.7 Å². The summed E-state index contributed by atoms with van der Waals surface area (Å²) in [6, 6.07) is 4.57. The van der Waals surface area contributed by atoms with Crippen LogP contribution in [0.1, 0.15) is 35.7 Å². The molecule has 0 saturated heterocycles. The zero-order valence-electron chi connectivity index (χ0n) is 10.9. The highest BCUT2D eigenvalue weighted by Gasteiger charge is 2.20. The summed E-state index contributed by atoms with van der Waals surface area (Å²) in [5, 5.41) is 6.61. The molecule has 0 bridgehead atoms. The third-order valence-electron chi connectivity index (χ3n) is 2.76. The highest BCUT2D eigenvalue weighted by molar-refractivity contribution is 7.09. The first-order valence-corrected chi connectivity index (χ1v) is 7.48. The molecule has 0 fully saturated rings. The summed E-state index contributed by atoms with van der Waals surface area (Å²) in [6.07, 6.45) is 0.982. The van der Waals surface area contributed by atoms with Gasteiger partial charge in [0.1, 0.15) is 10.8 Å². The third kappa shape index (κ3) is 3.53. The van der Waals surface area contributed by atoms with E-state index in [0.29, 0.717) is 10.6 Å². The largest absolute Gasteiger partial charge is 0.304 e. The lowest BCUT2D eigenvalue weighted by Gasteiger charge is -2.17. The Morgan fingerprint density at radius 2 is 2.26 bits per heavy atom. The molecule has 2 rings (SSSR count). The predicted molar refractivity (Wildman–Crippen MR) is 78.4 cm³/mol. The number of benzene rings is 1. The minimum absolute atomic E-state index is 0.212. The number of halogens is 2. The van der Waals surface area contributed by atoms with E-state index in [1.54, 1.807) is 23.5 Å². The Balaban J connectivity index is 2.36. The average Bonchev–Trinajstić information content (AvgIpc) is 2.78. The molecule has 2 aromatic rings. The highest BCUT2D eigenvalue weighted by Crippen LogP contribution is 2.28. The Morgan fingerprint density at radius 3 is 2.84 bits per heavy atom. The molecule has 19 heavy (non-hydrogen) atoms. The maximum absolute atomic E-state index is 14.1. The second-order valence-electron chi connectivity index (χ2n) is 4.38. The zero-order chi connectivity index (χ0) is 13.8. The van der Waals surface area contributed by atoms with Gasteiger partial charge in [-0.25, -0.2) is 9.37 Å². The van der Waals surface area contributed by atoms with E-state index in [2.05, 4.69) is 17.2 Å². The van der Waals surface area contributed by atoms with Gasteiger partial charge in [-0.2, -0.15) is 0 Å². The predicted octanol–water partition coefficient (Wildman–Crippen LogP) is 4.33. The smallest absolute Gasteiger partial charge is 0.129 e. The summed E-state index contributed by atoms with van der Waals surface area (Å²) in [4.78, 5) is 4.46. The van der Waals surface area contributed by atoms with E-state index in [1.807, 2.05) is 12.3 Å². The van der Waals surface area contributed by atoms with Crippen LogP contribution in [0, 0.1) is 12.7 Å². The lowest BCUT2D eigenvalue weighted by Crippen LogP contribution is -2.24. The number of nitrogens with one attached hydrogen (secondary N) is 1. The fraction of sp³-hybridized carbons (Fsp3) is 0.357. The Morgan fingerprint density at radius 1 is 1.47 bits per heavy atom. The van der Waals surface area contributed by atoms with Crippen LogP contribution in [0.4, 0.5) is 4.39 Å². The van der Waals surface area contributed by atoms with Crippen LogP contribution in [0.15, 0.2) is 23.6 Å². The standard InChI is InChI=1S/C14H16ClFN2S/c1-3-6-17-13(14-18-9(2)8-19-14)11-5-4-10(15)7-12(11)16/h4-5,7-8,13,17H,3,6H2,1-2H3. The number of rotatable bonds is 5. The Kier molecular flexibility index (Phi) is 4.91. The van der Waals surface area contributed by atoms with Gasteiger partial charge in [-0.15, -0.1) is 11.3 Å². The summed E-state index contributed by atoms with van der Waals surface area (Å²) < 4.78 is 14.1. The number of hydrogen-bond acceptors (Lipinski definition) is 3. The molecular formula is C14H16ClFN2S. The Labute approximate surface area is 121 Å². The first-order valence-electron chi connectivity index (χ1n) is 6.22. The maximum Gasteiger partial charge on any atom is 0.129 e. The Bertz CT molecular complexity index is 556. The van der Waals surface area contributed by atoms with E-state index < -0.39 is 0 Å². The topological polar surface area (TPSA) is 24.9 Å². The van der Waals surface area contributed by atoms with E-state index in [9.17, 15) is 4.39 Å². The molecule has 1 heterocycles. The average molecular weight is 299 g/mol. The van der Waals surface area contributed by atoms with Gasteiger partial charge < -0.3 is 5.32 Å². The van der Waals surface area contributed by atoms with Crippen molar-refractivity contribution in [2.24, 2.45) is 0 Å². The second kappa shape index (κ2) is 6.46. The van der Waals surface area contributed by atoms with Crippen LogP contribution in [-0.2, 0) is 0 Å². The van der Waals surface area contributed by atoms with Crippen molar-refractivity contribution in [2.75, 3.05) is 6.54 Å². The van der Waals surface area contributed by atoms with E-state index in [4.69, 9.17) is 11.6 Å². The van der Waals surface area contributed by atoms with Crippen molar-refractivity contribution in [3.8, 4) is 0 Å². The number of hydrogen-bond donors (Lipinski definition) is 1. The zero-order valence-corrected chi connectivity index (χ0v) is 12.5. The molecule has 1 N–H and O–H groups in total. The van der Waals surface area contributed by atoms with Gasteiger partial charge in [0.05, 0.1) is 6.04 Å². The van der Waals surface area contributed by atoms with E-state index in [1.165, 1.54) is 6.07 Å². The summed E-state index contributed by atoms with van der Waals surface area (Å²) >= 11 is 7.35. The Hall–Kier alpha value is -0.970. The van der Waals surface area contributed by atoms with Gasteiger partial charge in [-0.1, -0.05) is 24.6 Å².